The molecular formula is C23H27N5O4. The Morgan fingerprint density at radius 2 is 1.97 bits per heavy atom. The molecule has 1 amide bonds. The number of fused-ring (bicyclic) bond motifs is 2. The molecule has 0 saturated carbocycles. The van der Waals surface area contributed by atoms with E-state index in [1.165, 1.54) is 6.42 Å². The van der Waals surface area contributed by atoms with E-state index in [0.717, 1.165) is 60.6 Å². The summed E-state index contributed by atoms with van der Waals surface area (Å²) in [6.45, 7) is 4.65. The highest BCUT2D eigenvalue weighted by atomic mass is 16.7. The summed E-state index contributed by atoms with van der Waals surface area (Å²) in [4.78, 5) is 24.1. The number of anilines is 1. The lowest BCUT2D eigenvalue weighted by molar-refractivity contribution is -0.121. The maximum absolute atomic E-state index is 12.5. The first-order chi connectivity index (χ1) is 15.7. The summed E-state index contributed by atoms with van der Waals surface area (Å²) in [5.74, 6) is 2.88. The van der Waals surface area contributed by atoms with Gasteiger partial charge < -0.3 is 24.2 Å². The van der Waals surface area contributed by atoms with Gasteiger partial charge in [-0.25, -0.2) is 4.98 Å². The number of hydrogen-bond acceptors (Lipinski definition) is 8. The Balaban J connectivity index is 1.26. The number of nitrogens with zero attached hydrogens (tertiary/aromatic N) is 4. The number of carbonyl (C=O) groups excluding carboxylic acids is 1. The highest BCUT2D eigenvalue weighted by molar-refractivity contribution is 5.88. The SMILES string of the molecule is CCc1noc2nc(CCC(=O)NCc3ccc4c(c3)OCO4)nc(N3CCCCC3)c12. The van der Waals surface area contributed by atoms with Crippen molar-refractivity contribution in [2.75, 3.05) is 24.8 Å². The minimum absolute atomic E-state index is 0.0577. The first-order valence-corrected chi connectivity index (χ1v) is 11.3. The molecule has 1 N–H and O–H groups in total. The van der Waals surface area contributed by atoms with E-state index < -0.39 is 0 Å². The number of ether oxygens (including phenoxy) is 2. The topological polar surface area (TPSA) is 103 Å². The monoisotopic (exact) mass is 437 g/mol. The smallest absolute Gasteiger partial charge is 0.263 e. The van der Waals surface area contributed by atoms with E-state index in [1.807, 2.05) is 18.2 Å². The molecule has 5 rings (SSSR count). The highest BCUT2D eigenvalue weighted by Crippen LogP contribution is 2.32. The van der Waals surface area contributed by atoms with Gasteiger partial charge in [0, 0.05) is 32.5 Å². The molecule has 0 unspecified atom stereocenters. The summed E-state index contributed by atoms with van der Waals surface area (Å²) in [5, 5.41) is 8.05. The molecule has 1 aromatic carbocycles. The van der Waals surface area contributed by atoms with E-state index in [4.69, 9.17) is 19.0 Å². The fourth-order valence-corrected chi connectivity index (χ4v) is 4.19. The first-order valence-electron chi connectivity index (χ1n) is 11.3. The van der Waals surface area contributed by atoms with Crippen molar-refractivity contribution in [3.8, 4) is 11.5 Å². The van der Waals surface area contributed by atoms with Crippen LogP contribution in [0.25, 0.3) is 11.1 Å². The van der Waals surface area contributed by atoms with Crippen molar-refractivity contribution in [1.82, 2.24) is 20.4 Å². The lowest BCUT2D eigenvalue weighted by Crippen LogP contribution is -2.31. The molecule has 2 aromatic heterocycles. The van der Waals surface area contributed by atoms with Gasteiger partial charge in [-0.3, -0.25) is 4.79 Å². The normalized spacial score (nSPS) is 15.3. The molecule has 3 aromatic rings. The van der Waals surface area contributed by atoms with Gasteiger partial charge in [0.15, 0.2) is 11.5 Å². The summed E-state index contributed by atoms with van der Waals surface area (Å²) in [6, 6.07) is 5.67. The van der Waals surface area contributed by atoms with Gasteiger partial charge in [-0.05, 0) is 43.4 Å². The third-order valence-electron chi connectivity index (χ3n) is 5.93. The van der Waals surface area contributed by atoms with Crippen molar-refractivity contribution >= 4 is 22.8 Å². The maximum atomic E-state index is 12.5. The molecule has 2 aliphatic heterocycles. The van der Waals surface area contributed by atoms with Crippen LogP contribution in [0, 0.1) is 0 Å². The Bertz CT molecular complexity index is 1120. The first kappa shape index (κ1) is 20.5. The zero-order chi connectivity index (χ0) is 21.9. The standard InChI is InChI=1S/C23H27N5O4/c1-2-16-21-22(28-10-4-3-5-11-28)25-19(26-23(21)32-27-16)8-9-20(29)24-13-15-6-7-17-18(12-15)31-14-30-17/h6-7,12H,2-5,8-11,13-14H2,1H3,(H,24,29). The zero-order valence-electron chi connectivity index (χ0n) is 18.2. The second-order valence-corrected chi connectivity index (χ2v) is 8.14. The highest BCUT2D eigenvalue weighted by Gasteiger charge is 2.22. The van der Waals surface area contributed by atoms with Crippen LogP contribution >= 0.6 is 0 Å². The molecule has 0 spiro atoms. The van der Waals surface area contributed by atoms with Crippen LogP contribution in [-0.4, -0.2) is 40.9 Å². The number of hydrogen-bond donors (Lipinski definition) is 1. The third-order valence-corrected chi connectivity index (χ3v) is 5.93. The number of aromatic nitrogens is 3. The van der Waals surface area contributed by atoms with Crippen LogP contribution in [0.2, 0.25) is 0 Å². The molecule has 1 saturated heterocycles. The van der Waals surface area contributed by atoms with Crippen molar-refractivity contribution in [3.05, 3.63) is 35.3 Å². The quantitative estimate of drug-likeness (QED) is 0.601. The molecule has 0 atom stereocenters. The van der Waals surface area contributed by atoms with Gasteiger partial charge in [-0.15, -0.1) is 0 Å². The van der Waals surface area contributed by atoms with E-state index in [0.29, 0.717) is 36.7 Å². The van der Waals surface area contributed by atoms with Crippen molar-refractivity contribution in [1.29, 1.82) is 0 Å². The molecule has 2 aliphatic rings. The summed E-state index contributed by atoms with van der Waals surface area (Å²) < 4.78 is 16.2. The van der Waals surface area contributed by atoms with E-state index in [1.54, 1.807) is 0 Å². The Morgan fingerprint density at radius 1 is 1.12 bits per heavy atom. The van der Waals surface area contributed by atoms with Crippen LogP contribution in [0.4, 0.5) is 5.82 Å². The Morgan fingerprint density at radius 3 is 2.81 bits per heavy atom. The fourth-order valence-electron chi connectivity index (χ4n) is 4.19. The molecule has 0 bridgehead atoms. The molecular weight excluding hydrogens is 410 g/mol. The molecule has 32 heavy (non-hydrogen) atoms. The van der Waals surface area contributed by atoms with Crippen LogP contribution < -0.4 is 19.7 Å². The second kappa shape index (κ2) is 9.02. The lowest BCUT2D eigenvalue weighted by Gasteiger charge is -2.28. The Labute approximate surface area is 186 Å². The molecule has 1 fully saturated rings. The second-order valence-electron chi connectivity index (χ2n) is 8.14. The number of amides is 1. The van der Waals surface area contributed by atoms with Crippen LogP contribution in [0.1, 0.15) is 49.7 Å². The van der Waals surface area contributed by atoms with Crippen molar-refractivity contribution in [2.24, 2.45) is 0 Å². The van der Waals surface area contributed by atoms with Crippen LogP contribution in [0.3, 0.4) is 0 Å². The number of rotatable bonds is 7. The Hall–Kier alpha value is -3.36. The number of aryl methyl sites for hydroxylation is 2. The summed E-state index contributed by atoms with van der Waals surface area (Å²) in [7, 11) is 0. The van der Waals surface area contributed by atoms with Gasteiger partial charge in [0.2, 0.25) is 12.7 Å². The van der Waals surface area contributed by atoms with Gasteiger partial charge in [0.25, 0.3) is 5.71 Å². The minimum atomic E-state index is -0.0577. The summed E-state index contributed by atoms with van der Waals surface area (Å²) in [6.07, 6.45) is 5.03. The lowest BCUT2D eigenvalue weighted by atomic mass is 10.1. The van der Waals surface area contributed by atoms with E-state index >= 15 is 0 Å². The number of benzene rings is 1. The molecule has 9 nitrogen and oxygen atoms in total. The van der Waals surface area contributed by atoms with E-state index in [-0.39, 0.29) is 12.7 Å². The van der Waals surface area contributed by atoms with Gasteiger partial charge in [0.1, 0.15) is 17.0 Å². The minimum Gasteiger partial charge on any atom is -0.454 e. The average molecular weight is 438 g/mol. The predicted octanol–water partition coefficient (Wildman–Crippen LogP) is 3.15. The average Bonchev–Trinajstić information content (AvgIpc) is 3.47. The van der Waals surface area contributed by atoms with Crippen LogP contribution in [-0.2, 0) is 24.2 Å². The molecule has 168 valence electrons. The van der Waals surface area contributed by atoms with E-state index in [9.17, 15) is 4.79 Å². The maximum Gasteiger partial charge on any atom is 0.263 e. The van der Waals surface area contributed by atoms with Gasteiger partial charge in [0.05, 0.1) is 5.69 Å². The van der Waals surface area contributed by atoms with Crippen molar-refractivity contribution in [3.63, 3.8) is 0 Å². The summed E-state index contributed by atoms with van der Waals surface area (Å²) in [5.41, 5.74) is 2.35. The number of nitrogens with one attached hydrogen (secondary N) is 1. The largest absolute Gasteiger partial charge is 0.454 e. The number of carbonyl (C=O) groups is 1. The van der Waals surface area contributed by atoms with Gasteiger partial charge in [-0.1, -0.05) is 18.1 Å². The van der Waals surface area contributed by atoms with Crippen molar-refractivity contribution < 1.29 is 18.8 Å². The Kier molecular flexibility index (Phi) is 5.79. The van der Waals surface area contributed by atoms with Crippen LogP contribution in [0.5, 0.6) is 11.5 Å². The molecule has 0 aliphatic carbocycles. The van der Waals surface area contributed by atoms with Gasteiger partial charge >= 0.3 is 0 Å². The fraction of sp³-hybridized carbons (Fsp3) is 0.478. The van der Waals surface area contributed by atoms with E-state index in [2.05, 4.69) is 27.3 Å². The third kappa shape index (κ3) is 4.19. The van der Waals surface area contributed by atoms with Gasteiger partial charge in [-0.2, -0.15) is 4.98 Å². The zero-order valence-corrected chi connectivity index (χ0v) is 18.2. The molecule has 0 radical (unpaired) electrons. The van der Waals surface area contributed by atoms with Crippen LogP contribution in [0.15, 0.2) is 22.7 Å². The molecule has 4 heterocycles. The van der Waals surface area contributed by atoms with Crippen molar-refractivity contribution in [2.45, 2.75) is 52.0 Å². The molecule has 9 heteroatoms. The number of piperidine rings is 1. The summed E-state index contributed by atoms with van der Waals surface area (Å²) >= 11 is 0. The predicted molar refractivity (Wildman–Crippen MR) is 118 cm³/mol.